The van der Waals surface area contributed by atoms with Crippen LogP contribution in [0, 0.1) is 10.1 Å². The van der Waals surface area contributed by atoms with Crippen molar-refractivity contribution >= 4 is 51.9 Å². The van der Waals surface area contributed by atoms with E-state index in [-0.39, 0.29) is 16.6 Å². The van der Waals surface area contributed by atoms with E-state index in [9.17, 15) is 14.9 Å². The fourth-order valence-corrected chi connectivity index (χ4v) is 3.71. The molecule has 9 heteroatoms. The number of carbonyl (C=O) groups is 1. The molecule has 3 aromatic rings. The molecular weight excluding hydrogens is 414 g/mol. The molecule has 1 fully saturated rings. The van der Waals surface area contributed by atoms with E-state index in [1.54, 1.807) is 18.2 Å². The highest BCUT2D eigenvalue weighted by atomic mass is 35.5. The molecule has 4 rings (SSSR count). The Kier molecular flexibility index (Phi) is 5.20. The van der Waals surface area contributed by atoms with Crippen LogP contribution in [0.3, 0.4) is 0 Å². The molecule has 0 aliphatic carbocycles. The van der Waals surface area contributed by atoms with Crippen LogP contribution in [0.25, 0.3) is 17.4 Å². The molecule has 0 bridgehead atoms. The first-order chi connectivity index (χ1) is 14.0. The first-order valence-corrected chi connectivity index (χ1v) is 9.58. The molecule has 0 atom stereocenters. The summed E-state index contributed by atoms with van der Waals surface area (Å²) in [6.45, 7) is 0. The summed E-state index contributed by atoms with van der Waals surface area (Å²) in [7, 11) is 0. The highest BCUT2D eigenvalue weighted by Gasteiger charge is 2.24. The Labute approximate surface area is 174 Å². The van der Waals surface area contributed by atoms with Gasteiger partial charge in [0.25, 0.3) is 11.6 Å². The molecule has 1 aliphatic rings. The van der Waals surface area contributed by atoms with E-state index < -0.39 is 4.92 Å². The maximum atomic E-state index is 12.2. The monoisotopic (exact) mass is 425 g/mol. The summed E-state index contributed by atoms with van der Waals surface area (Å²) < 4.78 is 5.75. The number of amides is 1. The van der Waals surface area contributed by atoms with Crippen LogP contribution < -0.4 is 5.32 Å². The number of halogens is 1. The average molecular weight is 426 g/mol. The van der Waals surface area contributed by atoms with Crippen LogP contribution in [0.2, 0.25) is 5.02 Å². The zero-order valence-corrected chi connectivity index (χ0v) is 16.2. The van der Waals surface area contributed by atoms with Crippen LogP contribution in [0.5, 0.6) is 0 Å². The first kappa shape index (κ1) is 19.0. The SMILES string of the molecule is O=C1NC(=Nc2ccccc2)S/C1=C\c1ccc(-c2ccc([N+](=O)[O-])cc2Cl)o1. The van der Waals surface area contributed by atoms with Gasteiger partial charge >= 0.3 is 0 Å². The van der Waals surface area contributed by atoms with Crippen LogP contribution in [0.4, 0.5) is 11.4 Å². The molecule has 2 heterocycles. The van der Waals surface area contributed by atoms with Crippen molar-refractivity contribution < 1.29 is 14.1 Å². The lowest BCUT2D eigenvalue weighted by molar-refractivity contribution is -0.384. The molecule has 29 heavy (non-hydrogen) atoms. The standard InChI is InChI=1S/C20H12ClN3O4S/c21-16-10-13(24(26)27)6-8-15(16)17-9-7-14(28-17)11-18-19(25)23-20(29-18)22-12-4-2-1-3-5-12/h1-11H,(H,22,23,25)/b18-11-. The number of non-ortho nitro benzene ring substituents is 1. The molecule has 2 aromatic carbocycles. The Hall–Kier alpha value is -3.36. The molecule has 0 saturated carbocycles. The van der Waals surface area contributed by atoms with Crippen molar-refractivity contribution in [2.24, 2.45) is 4.99 Å². The zero-order valence-electron chi connectivity index (χ0n) is 14.7. The summed E-state index contributed by atoms with van der Waals surface area (Å²) >= 11 is 7.35. The minimum atomic E-state index is -0.516. The van der Waals surface area contributed by atoms with Crippen LogP contribution in [0.1, 0.15) is 5.76 Å². The van der Waals surface area contributed by atoms with Gasteiger partial charge in [-0.25, -0.2) is 4.99 Å². The van der Waals surface area contributed by atoms with E-state index in [4.69, 9.17) is 16.0 Å². The summed E-state index contributed by atoms with van der Waals surface area (Å²) in [5.74, 6) is 0.627. The Morgan fingerprint density at radius 3 is 2.66 bits per heavy atom. The minimum absolute atomic E-state index is 0.100. The van der Waals surface area contributed by atoms with Crippen LogP contribution in [0.15, 0.2) is 75.0 Å². The molecule has 0 unspecified atom stereocenters. The Morgan fingerprint density at radius 1 is 1.14 bits per heavy atom. The second kappa shape index (κ2) is 7.94. The zero-order chi connectivity index (χ0) is 20.4. The van der Waals surface area contributed by atoms with Gasteiger partial charge in [-0.15, -0.1) is 0 Å². The van der Waals surface area contributed by atoms with Crippen LogP contribution in [-0.2, 0) is 4.79 Å². The number of benzene rings is 2. The third kappa shape index (κ3) is 4.23. The van der Waals surface area contributed by atoms with Crippen LogP contribution >= 0.6 is 23.4 Å². The van der Waals surface area contributed by atoms with Gasteiger partial charge in [0.15, 0.2) is 5.17 Å². The number of hydrogen-bond donors (Lipinski definition) is 1. The van der Waals surface area contributed by atoms with Gasteiger partial charge in [-0.3, -0.25) is 14.9 Å². The van der Waals surface area contributed by atoms with Gasteiger partial charge in [0.1, 0.15) is 11.5 Å². The number of nitro groups is 1. The summed E-state index contributed by atoms with van der Waals surface area (Å²) in [6.07, 6.45) is 1.61. The first-order valence-electron chi connectivity index (χ1n) is 8.38. The number of furan rings is 1. The van der Waals surface area contributed by atoms with Crippen molar-refractivity contribution in [1.29, 1.82) is 0 Å². The lowest BCUT2D eigenvalue weighted by Crippen LogP contribution is -2.19. The van der Waals surface area contributed by atoms with E-state index in [1.165, 1.54) is 30.0 Å². The number of carbonyl (C=O) groups excluding carboxylic acids is 1. The van der Waals surface area contributed by atoms with Crippen molar-refractivity contribution in [3.8, 4) is 11.3 Å². The van der Waals surface area contributed by atoms with Gasteiger partial charge < -0.3 is 9.73 Å². The highest BCUT2D eigenvalue weighted by Crippen LogP contribution is 2.34. The molecule has 0 spiro atoms. The number of nitrogens with zero attached hydrogens (tertiary/aromatic N) is 2. The van der Waals surface area contributed by atoms with E-state index in [0.717, 1.165) is 5.69 Å². The van der Waals surface area contributed by atoms with Crippen molar-refractivity contribution in [1.82, 2.24) is 5.32 Å². The molecule has 7 nitrogen and oxygen atoms in total. The summed E-state index contributed by atoms with van der Waals surface area (Å²) in [5, 5.41) is 14.2. The normalized spacial score (nSPS) is 16.4. The molecule has 1 amide bonds. The Balaban J connectivity index is 1.56. The number of nitrogens with one attached hydrogen (secondary N) is 1. The van der Waals surface area contributed by atoms with Crippen LogP contribution in [-0.4, -0.2) is 16.0 Å². The van der Waals surface area contributed by atoms with Crippen molar-refractivity contribution in [2.45, 2.75) is 0 Å². The van der Waals surface area contributed by atoms with Gasteiger partial charge in [0.05, 0.1) is 20.5 Å². The van der Waals surface area contributed by atoms with E-state index in [0.29, 0.717) is 27.2 Å². The molecule has 1 saturated heterocycles. The topological polar surface area (TPSA) is 97.7 Å². The molecule has 0 radical (unpaired) electrons. The second-order valence-electron chi connectivity index (χ2n) is 5.94. The number of para-hydroxylation sites is 1. The van der Waals surface area contributed by atoms with Gasteiger partial charge in [-0.1, -0.05) is 29.8 Å². The van der Waals surface area contributed by atoms with E-state index in [1.807, 2.05) is 30.3 Å². The molecular formula is C20H12ClN3O4S. The highest BCUT2D eigenvalue weighted by molar-refractivity contribution is 8.18. The largest absolute Gasteiger partial charge is 0.457 e. The molecule has 1 aromatic heterocycles. The summed E-state index contributed by atoms with van der Waals surface area (Å²) in [4.78, 5) is 27.4. The lowest BCUT2D eigenvalue weighted by Gasteiger charge is -2.00. The van der Waals surface area contributed by atoms with Crippen molar-refractivity contribution in [3.63, 3.8) is 0 Å². The summed E-state index contributed by atoms with van der Waals surface area (Å²) in [6, 6.07) is 16.8. The maximum Gasteiger partial charge on any atom is 0.270 e. The number of thioether (sulfide) groups is 1. The smallest absolute Gasteiger partial charge is 0.270 e. The number of rotatable bonds is 4. The molecule has 1 N–H and O–H groups in total. The number of nitro benzene ring substituents is 1. The Bertz CT molecular complexity index is 1170. The summed E-state index contributed by atoms with van der Waals surface area (Å²) in [5.41, 5.74) is 1.17. The fourth-order valence-electron chi connectivity index (χ4n) is 2.62. The van der Waals surface area contributed by atoms with Crippen molar-refractivity contribution in [2.75, 3.05) is 0 Å². The lowest BCUT2D eigenvalue weighted by atomic mass is 10.1. The van der Waals surface area contributed by atoms with Gasteiger partial charge in [0, 0.05) is 23.8 Å². The maximum absolute atomic E-state index is 12.2. The average Bonchev–Trinajstić information content (AvgIpc) is 3.29. The second-order valence-corrected chi connectivity index (χ2v) is 7.38. The van der Waals surface area contributed by atoms with Crippen molar-refractivity contribution in [3.05, 3.63) is 86.5 Å². The van der Waals surface area contributed by atoms with Gasteiger partial charge in [-0.2, -0.15) is 0 Å². The third-order valence-electron chi connectivity index (χ3n) is 3.97. The third-order valence-corrected chi connectivity index (χ3v) is 5.19. The predicted octanol–water partition coefficient (Wildman–Crippen LogP) is 5.40. The minimum Gasteiger partial charge on any atom is -0.457 e. The fraction of sp³-hybridized carbons (Fsp3) is 0. The molecule has 1 aliphatic heterocycles. The quantitative estimate of drug-likeness (QED) is 0.343. The van der Waals surface area contributed by atoms with Gasteiger partial charge in [-0.05, 0) is 42.1 Å². The number of hydrogen-bond acceptors (Lipinski definition) is 6. The number of amidine groups is 1. The predicted molar refractivity (Wildman–Crippen MR) is 113 cm³/mol. The molecule has 144 valence electrons. The van der Waals surface area contributed by atoms with E-state index in [2.05, 4.69) is 10.3 Å². The Morgan fingerprint density at radius 2 is 1.93 bits per heavy atom. The number of aliphatic imine (C=N–C) groups is 1. The van der Waals surface area contributed by atoms with Gasteiger partial charge in [0.2, 0.25) is 0 Å². The van der Waals surface area contributed by atoms with E-state index >= 15 is 0 Å².